The molecule has 1 aromatic carbocycles. The molecular formula is C13H11FN2O3. The molecule has 0 unspecified atom stereocenters. The van der Waals surface area contributed by atoms with Crippen LogP contribution in [0.3, 0.4) is 0 Å². The number of rotatable bonds is 5. The van der Waals surface area contributed by atoms with Crippen LogP contribution in [0.15, 0.2) is 42.6 Å². The van der Waals surface area contributed by atoms with Crippen LogP contribution in [0.25, 0.3) is 0 Å². The molecule has 0 fully saturated rings. The smallest absolute Gasteiger partial charge is 0.339 e. The summed E-state index contributed by atoms with van der Waals surface area (Å²) in [5, 5.41) is 8.90. The van der Waals surface area contributed by atoms with Crippen LogP contribution in [0.5, 0.6) is 0 Å². The van der Waals surface area contributed by atoms with Crippen molar-refractivity contribution in [3.8, 4) is 0 Å². The molecule has 1 aromatic heterocycles. The highest BCUT2D eigenvalue weighted by atomic mass is 19.1. The van der Waals surface area contributed by atoms with Gasteiger partial charge in [0.1, 0.15) is 11.4 Å². The van der Waals surface area contributed by atoms with Gasteiger partial charge in [-0.1, -0.05) is 30.3 Å². The van der Waals surface area contributed by atoms with Gasteiger partial charge in [-0.2, -0.15) is 0 Å². The van der Waals surface area contributed by atoms with Crippen LogP contribution >= 0.6 is 0 Å². The topological polar surface area (TPSA) is 71.5 Å². The van der Waals surface area contributed by atoms with Crippen molar-refractivity contribution in [3.05, 3.63) is 59.5 Å². The van der Waals surface area contributed by atoms with Crippen molar-refractivity contribution in [1.82, 2.24) is 4.98 Å². The molecule has 0 saturated heterocycles. The van der Waals surface area contributed by atoms with Gasteiger partial charge in [0, 0.05) is 0 Å². The number of pyridine rings is 1. The Hall–Kier alpha value is -2.47. The van der Waals surface area contributed by atoms with Crippen molar-refractivity contribution < 1.29 is 19.1 Å². The number of hydrogen-bond donors (Lipinski definition) is 2. The highest BCUT2D eigenvalue weighted by Crippen LogP contribution is 2.14. The molecule has 1 heterocycles. The summed E-state index contributed by atoms with van der Waals surface area (Å²) in [5.74, 6) is -2.03. The lowest BCUT2D eigenvalue weighted by atomic mass is 10.2. The van der Waals surface area contributed by atoms with Gasteiger partial charge in [0.15, 0.2) is 5.82 Å². The number of carbonyl (C=O) groups is 1. The van der Waals surface area contributed by atoms with Crippen LogP contribution in [0.2, 0.25) is 0 Å². The summed E-state index contributed by atoms with van der Waals surface area (Å²) in [4.78, 5) is 19.7. The lowest BCUT2D eigenvalue weighted by Crippen LogP contribution is -2.09. The van der Waals surface area contributed by atoms with Crippen molar-refractivity contribution in [2.45, 2.75) is 6.61 Å². The number of halogens is 1. The fraction of sp³-hybridized carbons (Fsp3) is 0.0769. The van der Waals surface area contributed by atoms with Gasteiger partial charge in [-0.05, 0) is 11.6 Å². The summed E-state index contributed by atoms with van der Waals surface area (Å²) >= 11 is 0. The minimum absolute atomic E-state index is 0.0372. The largest absolute Gasteiger partial charge is 0.478 e. The molecule has 0 aliphatic heterocycles. The predicted molar refractivity (Wildman–Crippen MR) is 66.0 cm³/mol. The van der Waals surface area contributed by atoms with Gasteiger partial charge in [0.05, 0.1) is 12.8 Å². The Balaban J connectivity index is 2.02. The second-order valence-electron chi connectivity index (χ2n) is 3.73. The maximum absolute atomic E-state index is 12.9. The Morgan fingerprint density at radius 2 is 2.11 bits per heavy atom. The van der Waals surface area contributed by atoms with E-state index in [0.717, 1.165) is 17.8 Å². The normalized spacial score (nSPS) is 10.2. The van der Waals surface area contributed by atoms with E-state index >= 15 is 0 Å². The van der Waals surface area contributed by atoms with Gasteiger partial charge in [0.25, 0.3) is 0 Å². The minimum atomic E-state index is -1.28. The summed E-state index contributed by atoms with van der Waals surface area (Å²) in [6.07, 6.45) is 0.917. The van der Waals surface area contributed by atoms with Crippen LogP contribution < -0.4 is 5.48 Å². The highest BCUT2D eigenvalue weighted by Gasteiger charge is 2.12. The number of nitrogens with one attached hydrogen (secondary N) is 1. The maximum Gasteiger partial charge on any atom is 0.339 e. The SMILES string of the molecule is O=C(O)c1cc(F)cnc1NOCc1ccccc1. The van der Waals surface area contributed by atoms with Gasteiger partial charge in [-0.3, -0.25) is 4.84 Å². The van der Waals surface area contributed by atoms with Crippen LogP contribution in [-0.4, -0.2) is 16.1 Å². The molecule has 2 rings (SSSR count). The molecular weight excluding hydrogens is 251 g/mol. The fourth-order valence-corrected chi connectivity index (χ4v) is 1.45. The summed E-state index contributed by atoms with van der Waals surface area (Å²) in [6, 6.07) is 10.2. The number of carboxylic acid groups (broad SMARTS) is 1. The summed E-state index contributed by atoms with van der Waals surface area (Å²) < 4.78 is 12.9. The van der Waals surface area contributed by atoms with E-state index < -0.39 is 11.8 Å². The third-order valence-electron chi connectivity index (χ3n) is 2.34. The van der Waals surface area contributed by atoms with Gasteiger partial charge in [-0.15, -0.1) is 0 Å². The second-order valence-corrected chi connectivity index (χ2v) is 3.73. The van der Waals surface area contributed by atoms with Gasteiger partial charge < -0.3 is 5.11 Å². The average molecular weight is 262 g/mol. The molecule has 2 N–H and O–H groups in total. The highest BCUT2D eigenvalue weighted by molar-refractivity contribution is 5.92. The Kier molecular flexibility index (Phi) is 4.04. The molecule has 0 atom stereocenters. The van der Waals surface area contributed by atoms with E-state index in [4.69, 9.17) is 9.94 Å². The van der Waals surface area contributed by atoms with Crippen LogP contribution in [-0.2, 0) is 11.4 Å². The summed E-state index contributed by atoms with van der Waals surface area (Å²) in [6.45, 7) is 0.235. The molecule has 0 spiro atoms. The van der Waals surface area contributed by atoms with E-state index in [9.17, 15) is 9.18 Å². The number of carboxylic acids is 1. The molecule has 0 aliphatic rings. The zero-order chi connectivity index (χ0) is 13.7. The molecule has 0 bridgehead atoms. The molecule has 98 valence electrons. The maximum atomic E-state index is 12.9. The number of aromatic nitrogens is 1. The first kappa shape index (κ1) is 13.0. The van der Waals surface area contributed by atoms with E-state index in [-0.39, 0.29) is 18.0 Å². The number of aromatic carboxylic acids is 1. The Labute approximate surface area is 108 Å². The average Bonchev–Trinajstić information content (AvgIpc) is 2.41. The molecule has 6 heteroatoms. The molecule has 0 radical (unpaired) electrons. The van der Waals surface area contributed by atoms with Crippen molar-refractivity contribution >= 4 is 11.8 Å². The Morgan fingerprint density at radius 3 is 2.79 bits per heavy atom. The first-order chi connectivity index (χ1) is 9.16. The Bertz CT molecular complexity index is 575. The summed E-state index contributed by atoms with van der Waals surface area (Å²) in [7, 11) is 0. The van der Waals surface area contributed by atoms with Crippen LogP contribution in [0, 0.1) is 5.82 Å². The monoisotopic (exact) mass is 262 g/mol. The van der Waals surface area contributed by atoms with Gasteiger partial charge in [-0.25, -0.2) is 19.6 Å². The van der Waals surface area contributed by atoms with E-state index in [1.54, 1.807) is 0 Å². The molecule has 0 saturated carbocycles. The number of hydrogen-bond acceptors (Lipinski definition) is 4. The fourth-order valence-electron chi connectivity index (χ4n) is 1.45. The lowest BCUT2D eigenvalue weighted by Gasteiger charge is -2.08. The molecule has 19 heavy (non-hydrogen) atoms. The molecule has 0 amide bonds. The predicted octanol–water partition coefficient (Wildman–Crippen LogP) is 2.46. The molecule has 2 aromatic rings. The number of benzene rings is 1. The second kappa shape index (κ2) is 5.92. The Morgan fingerprint density at radius 1 is 1.37 bits per heavy atom. The summed E-state index contributed by atoms with van der Waals surface area (Å²) in [5.41, 5.74) is 3.04. The quantitative estimate of drug-likeness (QED) is 0.810. The molecule has 5 nitrogen and oxygen atoms in total. The van der Waals surface area contributed by atoms with Gasteiger partial charge in [0.2, 0.25) is 0 Å². The minimum Gasteiger partial charge on any atom is -0.478 e. The van der Waals surface area contributed by atoms with Crippen LogP contribution in [0.4, 0.5) is 10.2 Å². The zero-order valence-electron chi connectivity index (χ0n) is 9.84. The number of anilines is 1. The van der Waals surface area contributed by atoms with Crippen molar-refractivity contribution in [1.29, 1.82) is 0 Å². The standard InChI is InChI=1S/C13H11FN2O3/c14-10-6-11(13(17)18)12(15-7-10)16-19-8-9-4-2-1-3-5-9/h1-7H,8H2,(H,15,16)(H,17,18). The van der Waals surface area contributed by atoms with Crippen molar-refractivity contribution in [2.75, 3.05) is 5.48 Å². The van der Waals surface area contributed by atoms with E-state index in [1.807, 2.05) is 30.3 Å². The van der Waals surface area contributed by atoms with Crippen LogP contribution in [0.1, 0.15) is 15.9 Å². The van der Waals surface area contributed by atoms with E-state index in [2.05, 4.69) is 10.5 Å². The molecule has 0 aliphatic carbocycles. The van der Waals surface area contributed by atoms with E-state index in [1.165, 1.54) is 0 Å². The van der Waals surface area contributed by atoms with Crippen molar-refractivity contribution in [3.63, 3.8) is 0 Å². The number of nitrogens with zero attached hydrogens (tertiary/aromatic N) is 1. The first-order valence-corrected chi connectivity index (χ1v) is 5.47. The zero-order valence-corrected chi connectivity index (χ0v) is 9.84. The third kappa shape index (κ3) is 3.49. The van der Waals surface area contributed by atoms with Gasteiger partial charge >= 0.3 is 5.97 Å². The first-order valence-electron chi connectivity index (χ1n) is 5.47. The third-order valence-corrected chi connectivity index (χ3v) is 2.34. The lowest BCUT2D eigenvalue weighted by molar-refractivity contribution is 0.0695. The van der Waals surface area contributed by atoms with Crippen molar-refractivity contribution in [2.24, 2.45) is 0 Å². The van der Waals surface area contributed by atoms with E-state index in [0.29, 0.717) is 0 Å².